The highest BCUT2D eigenvalue weighted by atomic mass is 35.5. The van der Waals surface area contributed by atoms with Crippen molar-refractivity contribution in [3.8, 4) is 0 Å². The quantitative estimate of drug-likeness (QED) is 0.695. The maximum atomic E-state index is 12.4. The van der Waals surface area contributed by atoms with Crippen molar-refractivity contribution in [2.45, 2.75) is 45.4 Å². The Bertz CT molecular complexity index is 261. The largest absolute Gasteiger partial charge is 0.342 e. The maximum absolute atomic E-state index is 12.4. The number of carbonyl (C=O) groups is 1. The minimum atomic E-state index is 0.306. The van der Waals surface area contributed by atoms with E-state index in [-0.39, 0.29) is 0 Å². The Kier molecular flexibility index (Phi) is 4.72. The highest BCUT2D eigenvalue weighted by Gasteiger charge is 2.30. The molecule has 98 valence electrons. The highest BCUT2D eigenvalue weighted by molar-refractivity contribution is 6.18. The standard InChI is InChI=1S/C14H24ClNO/c1-11-4-6-13(7-5-11)14(17)16-8-2-3-12(9-15)10-16/h11-13H,2-10H2,1H3. The predicted molar refractivity (Wildman–Crippen MR) is 71.1 cm³/mol. The first-order valence-corrected chi connectivity index (χ1v) is 7.59. The van der Waals surface area contributed by atoms with Crippen molar-refractivity contribution >= 4 is 17.5 Å². The lowest BCUT2D eigenvalue weighted by molar-refractivity contribution is -0.138. The second-order valence-electron chi connectivity index (χ2n) is 5.90. The van der Waals surface area contributed by atoms with Crippen LogP contribution in [0.2, 0.25) is 0 Å². The molecule has 1 aliphatic heterocycles. The van der Waals surface area contributed by atoms with Gasteiger partial charge in [-0.05, 0) is 50.4 Å². The van der Waals surface area contributed by atoms with Gasteiger partial charge in [0.05, 0.1) is 0 Å². The lowest BCUT2D eigenvalue weighted by Gasteiger charge is -2.36. The van der Waals surface area contributed by atoms with Crippen molar-refractivity contribution < 1.29 is 4.79 Å². The van der Waals surface area contributed by atoms with Gasteiger partial charge in [0.1, 0.15) is 0 Å². The fourth-order valence-corrected chi connectivity index (χ4v) is 3.41. The Morgan fingerprint density at radius 1 is 1.24 bits per heavy atom. The Hall–Kier alpha value is -0.240. The number of hydrogen-bond donors (Lipinski definition) is 0. The number of alkyl halides is 1. The number of nitrogens with zero attached hydrogens (tertiary/aromatic N) is 1. The maximum Gasteiger partial charge on any atom is 0.225 e. The first-order chi connectivity index (χ1) is 8.20. The van der Waals surface area contributed by atoms with Crippen LogP contribution in [0.3, 0.4) is 0 Å². The van der Waals surface area contributed by atoms with Gasteiger partial charge in [-0.15, -0.1) is 11.6 Å². The zero-order valence-corrected chi connectivity index (χ0v) is 11.6. The number of rotatable bonds is 2. The zero-order chi connectivity index (χ0) is 12.3. The van der Waals surface area contributed by atoms with Gasteiger partial charge in [-0.25, -0.2) is 0 Å². The summed E-state index contributed by atoms with van der Waals surface area (Å²) in [7, 11) is 0. The molecule has 2 fully saturated rings. The topological polar surface area (TPSA) is 20.3 Å². The van der Waals surface area contributed by atoms with Crippen molar-refractivity contribution in [2.24, 2.45) is 17.8 Å². The van der Waals surface area contributed by atoms with Crippen molar-refractivity contribution in [3.63, 3.8) is 0 Å². The van der Waals surface area contributed by atoms with Crippen LogP contribution in [0.15, 0.2) is 0 Å². The number of piperidine rings is 1. The van der Waals surface area contributed by atoms with E-state index in [1.807, 2.05) is 0 Å². The van der Waals surface area contributed by atoms with Gasteiger partial charge in [0, 0.05) is 24.9 Å². The fourth-order valence-electron chi connectivity index (χ4n) is 3.16. The molecule has 0 N–H and O–H groups in total. The lowest BCUT2D eigenvalue weighted by atomic mass is 9.82. The van der Waals surface area contributed by atoms with Crippen molar-refractivity contribution in [3.05, 3.63) is 0 Å². The summed E-state index contributed by atoms with van der Waals surface area (Å²) in [6.45, 7) is 4.15. The Morgan fingerprint density at radius 2 is 1.94 bits per heavy atom. The number of halogens is 1. The van der Waals surface area contributed by atoms with Crippen LogP contribution in [-0.4, -0.2) is 29.8 Å². The molecule has 2 rings (SSSR count). The SMILES string of the molecule is CC1CCC(C(=O)N2CCCC(CCl)C2)CC1. The molecule has 0 aromatic rings. The molecule has 2 nitrogen and oxygen atoms in total. The molecule has 1 saturated heterocycles. The van der Waals surface area contributed by atoms with E-state index in [9.17, 15) is 4.79 Å². The van der Waals surface area contributed by atoms with Crippen molar-refractivity contribution in [1.29, 1.82) is 0 Å². The van der Waals surface area contributed by atoms with Crippen LogP contribution in [-0.2, 0) is 4.79 Å². The molecule has 0 bridgehead atoms. The monoisotopic (exact) mass is 257 g/mol. The molecule has 1 amide bonds. The number of amides is 1. The molecule has 1 aliphatic carbocycles. The summed E-state index contributed by atoms with van der Waals surface area (Å²) in [6, 6.07) is 0. The van der Waals surface area contributed by atoms with Gasteiger partial charge in [-0.2, -0.15) is 0 Å². The number of hydrogen-bond acceptors (Lipinski definition) is 1. The minimum Gasteiger partial charge on any atom is -0.342 e. The second-order valence-corrected chi connectivity index (χ2v) is 6.21. The van der Waals surface area contributed by atoms with Crippen LogP contribution in [0, 0.1) is 17.8 Å². The third kappa shape index (κ3) is 3.37. The summed E-state index contributed by atoms with van der Waals surface area (Å²) in [4.78, 5) is 14.5. The average Bonchev–Trinajstić information content (AvgIpc) is 2.39. The summed E-state index contributed by atoms with van der Waals surface area (Å²) >= 11 is 5.92. The average molecular weight is 258 g/mol. The molecule has 3 heteroatoms. The van der Waals surface area contributed by atoms with E-state index in [2.05, 4.69) is 11.8 Å². The predicted octanol–water partition coefficient (Wildman–Crippen LogP) is 3.29. The van der Waals surface area contributed by atoms with Crippen molar-refractivity contribution in [1.82, 2.24) is 4.90 Å². The summed E-state index contributed by atoms with van der Waals surface area (Å²) < 4.78 is 0. The Balaban J connectivity index is 1.86. The van der Waals surface area contributed by atoms with Gasteiger partial charge in [-0.3, -0.25) is 4.79 Å². The Labute approximate surface area is 110 Å². The van der Waals surface area contributed by atoms with Crippen LogP contribution in [0.1, 0.15) is 45.4 Å². The molecule has 1 unspecified atom stereocenters. The summed E-state index contributed by atoms with van der Waals surface area (Å²) in [6.07, 6.45) is 6.97. The van der Waals surface area contributed by atoms with Gasteiger partial charge in [-0.1, -0.05) is 6.92 Å². The van der Waals surface area contributed by atoms with Gasteiger partial charge in [0.15, 0.2) is 0 Å². The zero-order valence-electron chi connectivity index (χ0n) is 10.8. The van der Waals surface area contributed by atoms with Gasteiger partial charge in [0.25, 0.3) is 0 Å². The molecule has 0 radical (unpaired) electrons. The molecular weight excluding hydrogens is 234 g/mol. The van der Waals surface area contributed by atoms with Crippen LogP contribution in [0.4, 0.5) is 0 Å². The summed E-state index contributed by atoms with van der Waals surface area (Å²) in [5, 5.41) is 0. The summed E-state index contributed by atoms with van der Waals surface area (Å²) in [5.41, 5.74) is 0. The molecule has 17 heavy (non-hydrogen) atoms. The van der Waals surface area contributed by atoms with Crippen LogP contribution in [0.25, 0.3) is 0 Å². The minimum absolute atomic E-state index is 0.306. The molecule has 0 aromatic carbocycles. The van der Waals surface area contributed by atoms with Crippen LogP contribution >= 0.6 is 11.6 Å². The fraction of sp³-hybridized carbons (Fsp3) is 0.929. The lowest BCUT2D eigenvalue weighted by Crippen LogP contribution is -2.44. The third-order valence-electron chi connectivity index (χ3n) is 4.41. The molecule has 2 aliphatic rings. The van der Waals surface area contributed by atoms with E-state index in [1.54, 1.807) is 0 Å². The van der Waals surface area contributed by atoms with E-state index < -0.39 is 0 Å². The smallest absolute Gasteiger partial charge is 0.225 e. The molecule has 1 saturated carbocycles. The van der Waals surface area contributed by atoms with E-state index in [0.29, 0.717) is 23.6 Å². The molecular formula is C14H24ClNO. The van der Waals surface area contributed by atoms with Crippen LogP contribution < -0.4 is 0 Å². The molecule has 1 heterocycles. The van der Waals surface area contributed by atoms with Crippen molar-refractivity contribution in [2.75, 3.05) is 19.0 Å². The van der Waals surface area contributed by atoms with E-state index in [4.69, 9.17) is 11.6 Å². The number of carbonyl (C=O) groups excluding carboxylic acids is 1. The number of likely N-dealkylation sites (tertiary alicyclic amines) is 1. The molecule has 0 aromatic heterocycles. The Morgan fingerprint density at radius 3 is 2.59 bits per heavy atom. The highest BCUT2D eigenvalue weighted by Crippen LogP contribution is 2.30. The molecule has 0 spiro atoms. The first kappa shape index (κ1) is 13.2. The van der Waals surface area contributed by atoms with Gasteiger partial charge < -0.3 is 4.90 Å². The summed E-state index contributed by atoms with van der Waals surface area (Å²) in [5.74, 6) is 2.76. The normalized spacial score (nSPS) is 34.7. The first-order valence-electron chi connectivity index (χ1n) is 7.05. The van der Waals surface area contributed by atoms with Gasteiger partial charge in [0.2, 0.25) is 5.91 Å². The van der Waals surface area contributed by atoms with E-state index in [0.717, 1.165) is 38.3 Å². The third-order valence-corrected chi connectivity index (χ3v) is 4.85. The van der Waals surface area contributed by atoms with Crippen LogP contribution in [0.5, 0.6) is 0 Å². The second kappa shape index (κ2) is 6.08. The van der Waals surface area contributed by atoms with E-state index >= 15 is 0 Å². The van der Waals surface area contributed by atoms with Gasteiger partial charge >= 0.3 is 0 Å². The molecule has 1 atom stereocenters. The van der Waals surface area contributed by atoms with E-state index in [1.165, 1.54) is 19.3 Å².